The molecular formula is C12H23NO10S2. The molecule has 0 aliphatic carbocycles. The van der Waals surface area contributed by atoms with Crippen LogP contribution in [0.5, 0.6) is 0 Å². The van der Waals surface area contributed by atoms with Crippen molar-refractivity contribution in [2.24, 2.45) is 5.16 Å². The predicted octanol–water partition coefficient (Wildman–Crippen LogP) is -1.80. The van der Waals surface area contributed by atoms with E-state index in [1.54, 1.807) is 6.92 Å². The van der Waals surface area contributed by atoms with Gasteiger partial charge in [-0.15, -0.1) is 0 Å². The topological polar surface area (TPSA) is 186 Å². The summed E-state index contributed by atoms with van der Waals surface area (Å²) in [6, 6.07) is 0. The molecule has 1 aliphatic rings. The molecule has 6 N–H and O–H groups in total. The van der Waals surface area contributed by atoms with Crippen molar-refractivity contribution in [1.29, 1.82) is 0 Å². The van der Waals surface area contributed by atoms with Crippen LogP contribution >= 0.6 is 11.8 Å². The Balaban J connectivity index is 2.99. The predicted molar refractivity (Wildman–Crippen MR) is 87.0 cm³/mol. The number of thioether (sulfide) groups is 1. The Morgan fingerprint density at radius 2 is 1.88 bits per heavy atom. The number of nitrogens with zero attached hydrogens (tertiary/aromatic N) is 1. The number of aliphatic hydroxyl groups is 5. The van der Waals surface area contributed by atoms with Crippen LogP contribution < -0.4 is 0 Å². The molecule has 0 aromatic heterocycles. The molecule has 0 unspecified atom stereocenters. The number of hydrogen-bond acceptors (Lipinski definition) is 11. The fourth-order valence-electron chi connectivity index (χ4n) is 1.93. The van der Waals surface area contributed by atoms with E-state index in [0.29, 0.717) is 11.8 Å². The van der Waals surface area contributed by atoms with Gasteiger partial charge in [0.1, 0.15) is 34.9 Å². The largest absolute Gasteiger partial charge is 0.466 e. The standard InChI is InChI=1S/C12H23NO10S2/c1-3-12(2,18)4-7(13-23-25(19,20)21)24-11-10(17)9(16)8(15)6(5-14)22-11/h6,8-11,14-18H,3-5H2,1-2H3,(H,19,20,21)/b13-7+/t6-,8-,9+,10-,11-,12-/m1/s1. The van der Waals surface area contributed by atoms with Gasteiger partial charge in [0.2, 0.25) is 0 Å². The Morgan fingerprint density at radius 1 is 1.28 bits per heavy atom. The van der Waals surface area contributed by atoms with E-state index in [9.17, 15) is 28.8 Å². The molecule has 1 heterocycles. The molecule has 0 saturated carbocycles. The van der Waals surface area contributed by atoms with Crippen LogP contribution in [0.25, 0.3) is 0 Å². The van der Waals surface area contributed by atoms with Gasteiger partial charge in [-0.05, 0) is 13.3 Å². The van der Waals surface area contributed by atoms with E-state index >= 15 is 0 Å². The Hall–Kier alpha value is -0.510. The number of rotatable bonds is 7. The van der Waals surface area contributed by atoms with Crippen LogP contribution in [-0.4, -0.2) is 85.6 Å². The second-order valence-electron chi connectivity index (χ2n) is 5.83. The van der Waals surface area contributed by atoms with Crippen LogP contribution in [0.3, 0.4) is 0 Å². The third kappa shape index (κ3) is 6.96. The summed E-state index contributed by atoms with van der Waals surface area (Å²) in [5.41, 5.74) is -2.55. The van der Waals surface area contributed by atoms with Crippen molar-refractivity contribution < 1.29 is 47.5 Å². The van der Waals surface area contributed by atoms with Gasteiger partial charge in [0.25, 0.3) is 0 Å². The minimum atomic E-state index is -4.89. The summed E-state index contributed by atoms with van der Waals surface area (Å²) in [5, 5.41) is 51.8. The fraction of sp³-hybridized carbons (Fsp3) is 0.917. The van der Waals surface area contributed by atoms with Gasteiger partial charge in [-0.3, -0.25) is 4.55 Å². The van der Waals surface area contributed by atoms with E-state index in [2.05, 4.69) is 9.44 Å². The Morgan fingerprint density at radius 3 is 2.36 bits per heavy atom. The third-order valence-corrected chi connectivity index (χ3v) is 5.00. The smallest absolute Gasteiger partial charge is 0.394 e. The first-order valence-electron chi connectivity index (χ1n) is 7.32. The monoisotopic (exact) mass is 405 g/mol. The number of ether oxygens (including phenoxy) is 1. The average Bonchev–Trinajstić information content (AvgIpc) is 2.52. The van der Waals surface area contributed by atoms with Gasteiger partial charge >= 0.3 is 10.4 Å². The van der Waals surface area contributed by atoms with Crippen molar-refractivity contribution in [3.05, 3.63) is 0 Å². The highest BCUT2D eigenvalue weighted by Crippen LogP contribution is 2.32. The van der Waals surface area contributed by atoms with E-state index < -0.39 is 52.5 Å². The van der Waals surface area contributed by atoms with Gasteiger partial charge < -0.3 is 30.3 Å². The van der Waals surface area contributed by atoms with Crippen LogP contribution in [0.2, 0.25) is 0 Å². The van der Waals surface area contributed by atoms with Crippen LogP contribution in [0, 0.1) is 0 Å². The van der Waals surface area contributed by atoms with Crippen LogP contribution in [0.15, 0.2) is 5.16 Å². The minimum absolute atomic E-state index is 0.159. The van der Waals surface area contributed by atoms with E-state index in [0.717, 1.165) is 0 Å². The molecule has 1 rings (SSSR count). The summed E-state index contributed by atoms with van der Waals surface area (Å²) in [5.74, 6) is 0. The third-order valence-electron chi connectivity index (χ3n) is 3.63. The Bertz CT molecular complexity index is 564. The van der Waals surface area contributed by atoms with Crippen LogP contribution in [0.4, 0.5) is 0 Å². The zero-order valence-electron chi connectivity index (χ0n) is 13.6. The molecule has 13 heteroatoms. The van der Waals surface area contributed by atoms with Gasteiger partial charge in [-0.2, -0.15) is 8.42 Å². The summed E-state index contributed by atoms with van der Waals surface area (Å²) in [6.07, 6.45) is -5.87. The molecule has 0 spiro atoms. The fourth-order valence-corrected chi connectivity index (χ4v) is 3.41. The van der Waals surface area contributed by atoms with Gasteiger partial charge in [0.15, 0.2) is 0 Å². The molecule has 0 bridgehead atoms. The Kier molecular flexibility index (Phi) is 8.04. The zero-order valence-corrected chi connectivity index (χ0v) is 15.2. The van der Waals surface area contributed by atoms with E-state index in [4.69, 9.17) is 14.4 Å². The lowest BCUT2D eigenvalue weighted by Crippen LogP contribution is -2.57. The SMILES string of the molecule is CC[C@@](C)(O)C/C(=N\OS(=O)(=O)O)S[C@H]1O[C@H](CO)[C@@H](O)[C@H](O)[C@H]1O. The van der Waals surface area contributed by atoms with Gasteiger partial charge in [0, 0.05) is 6.42 Å². The molecule has 25 heavy (non-hydrogen) atoms. The number of aliphatic hydroxyl groups excluding tert-OH is 4. The molecule has 148 valence electrons. The van der Waals surface area contributed by atoms with Crippen molar-refractivity contribution in [3.63, 3.8) is 0 Å². The van der Waals surface area contributed by atoms with E-state index in [1.165, 1.54) is 6.92 Å². The normalized spacial score (nSPS) is 33.8. The summed E-state index contributed by atoms with van der Waals surface area (Å²) in [6.45, 7) is 2.48. The van der Waals surface area contributed by atoms with Gasteiger partial charge in [-0.1, -0.05) is 23.8 Å². The highest BCUT2D eigenvalue weighted by atomic mass is 32.3. The molecular weight excluding hydrogens is 382 g/mol. The first-order chi connectivity index (χ1) is 11.4. The molecule has 0 aromatic rings. The van der Waals surface area contributed by atoms with E-state index in [-0.39, 0.29) is 17.9 Å². The highest BCUT2D eigenvalue weighted by molar-refractivity contribution is 8.14. The molecule has 0 radical (unpaired) electrons. The molecule has 0 amide bonds. The van der Waals surface area contributed by atoms with E-state index in [1.807, 2.05) is 0 Å². The average molecular weight is 405 g/mol. The van der Waals surface area contributed by atoms with Crippen molar-refractivity contribution in [1.82, 2.24) is 0 Å². The van der Waals surface area contributed by atoms with Crippen molar-refractivity contribution in [2.45, 2.75) is 62.1 Å². The summed E-state index contributed by atoms with van der Waals surface area (Å²) in [7, 11) is -4.89. The molecule has 0 aromatic carbocycles. The second kappa shape index (κ2) is 8.92. The van der Waals surface area contributed by atoms with Gasteiger partial charge in [0.05, 0.1) is 12.2 Å². The molecule has 1 saturated heterocycles. The summed E-state index contributed by atoms with van der Waals surface area (Å²) >= 11 is 0.617. The van der Waals surface area contributed by atoms with Gasteiger partial charge in [-0.25, -0.2) is 4.28 Å². The lowest BCUT2D eigenvalue weighted by molar-refractivity contribution is -0.205. The summed E-state index contributed by atoms with van der Waals surface area (Å²) < 4.78 is 39.2. The molecule has 1 aliphatic heterocycles. The van der Waals surface area contributed by atoms with Crippen molar-refractivity contribution >= 4 is 27.2 Å². The maximum absolute atomic E-state index is 10.7. The lowest BCUT2D eigenvalue weighted by atomic mass is 10.0. The quantitative estimate of drug-likeness (QED) is 0.121. The second-order valence-corrected chi connectivity index (χ2v) is 8.01. The molecule has 6 atom stereocenters. The zero-order chi connectivity index (χ0) is 19.4. The summed E-state index contributed by atoms with van der Waals surface area (Å²) in [4.78, 5) is 0. The molecule has 1 fully saturated rings. The maximum Gasteiger partial charge on any atom is 0.466 e. The lowest BCUT2D eigenvalue weighted by Gasteiger charge is -2.39. The van der Waals surface area contributed by atoms with Crippen LogP contribution in [0.1, 0.15) is 26.7 Å². The van der Waals surface area contributed by atoms with Crippen molar-refractivity contribution in [3.8, 4) is 0 Å². The molecule has 11 nitrogen and oxygen atoms in total. The first-order valence-corrected chi connectivity index (χ1v) is 9.57. The first kappa shape index (κ1) is 22.5. The van der Waals surface area contributed by atoms with Crippen molar-refractivity contribution in [2.75, 3.05) is 6.61 Å². The number of oxime groups is 1. The number of hydrogen-bond donors (Lipinski definition) is 6. The maximum atomic E-state index is 10.7. The minimum Gasteiger partial charge on any atom is -0.394 e. The highest BCUT2D eigenvalue weighted by Gasteiger charge is 2.44. The van der Waals surface area contributed by atoms with Crippen LogP contribution in [-0.2, 0) is 19.4 Å². The Labute approximate surface area is 149 Å².